The Hall–Kier alpha value is -0.0400. The minimum Gasteiger partial charge on any atom is -0.393 e. The molecule has 0 saturated heterocycles. The smallest absolute Gasteiger partial charge is 0.0537 e. The van der Waals surface area contributed by atoms with Gasteiger partial charge in [0.1, 0.15) is 0 Å². The summed E-state index contributed by atoms with van der Waals surface area (Å²) in [4.78, 5) is 0. The summed E-state index contributed by atoms with van der Waals surface area (Å²) in [5.41, 5.74) is 0. The van der Waals surface area contributed by atoms with Crippen molar-refractivity contribution in [2.24, 2.45) is 11.8 Å². The Morgan fingerprint density at radius 1 is 1.08 bits per heavy atom. The van der Waals surface area contributed by atoms with Gasteiger partial charge in [-0.1, -0.05) is 40.0 Å². The molecule has 0 saturated carbocycles. The van der Waals surface area contributed by atoms with E-state index in [1.807, 2.05) is 6.92 Å². The fraction of sp³-hybridized carbons (Fsp3) is 1.00. The zero-order valence-electron chi connectivity index (χ0n) is 9.01. The first-order valence-electron chi connectivity index (χ1n) is 5.26. The largest absolute Gasteiger partial charge is 0.393 e. The summed E-state index contributed by atoms with van der Waals surface area (Å²) in [6.07, 6.45) is 4.89. The lowest BCUT2D eigenvalue weighted by molar-refractivity contribution is 0.127. The molecule has 3 atom stereocenters. The van der Waals surface area contributed by atoms with E-state index in [0.29, 0.717) is 5.92 Å². The number of rotatable bonds is 6. The zero-order chi connectivity index (χ0) is 9.56. The lowest BCUT2D eigenvalue weighted by Crippen LogP contribution is -2.12. The molecular formula is C11H24O. The van der Waals surface area contributed by atoms with Gasteiger partial charge >= 0.3 is 0 Å². The van der Waals surface area contributed by atoms with Crippen LogP contribution in [0.1, 0.15) is 53.4 Å². The van der Waals surface area contributed by atoms with E-state index in [9.17, 15) is 5.11 Å². The van der Waals surface area contributed by atoms with Crippen LogP contribution in [-0.2, 0) is 0 Å². The predicted octanol–water partition coefficient (Wildman–Crippen LogP) is 3.22. The summed E-state index contributed by atoms with van der Waals surface area (Å²) in [6.45, 7) is 8.55. The number of hydrogen-bond acceptors (Lipinski definition) is 1. The monoisotopic (exact) mass is 172 g/mol. The van der Waals surface area contributed by atoms with Gasteiger partial charge in [0.2, 0.25) is 0 Å². The molecule has 3 unspecified atom stereocenters. The van der Waals surface area contributed by atoms with E-state index < -0.39 is 0 Å². The normalized spacial score (nSPS) is 18.8. The van der Waals surface area contributed by atoms with Gasteiger partial charge in [0.25, 0.3) is 0 Å². The molecule has 0 spiro atoms. The van der Waals surface area contributed by atoms with E-state index in [0.717, 1.165) is 5.92 Å². The number of aliphatic hydroxyl groups is 1. The van der Waals surface area contributed by atoms with Crippen LogP contribution in [0.4, 0.5) is 0 Å². The van der Waals surface area contributed by atoms with Crippen LogP contribution in [0.5, 0.6) is 0 Å². The Morgan fingerprint density at radius 3 is 2.08 bits per heavy atom. The molecule has 0 rings (SSSR count). The van der Waals surface area contributed by atoms with Crippen molar-refractivity contribution >= 4 is 0 Å². The molecule has 0 aromatic carbocycles. The fourth-order valence-corrected chi connectivity index (χ4v) is 1.23. The molecule has 0 aliphatic rings. The van der Waals surface area contributed by atoms with Crippen molar-refractivity contribution in [3.05, 3.63) is 0 Å². The van der Waals surface area contributed by atoms with Crippen molar-refractivity contribution in [3.8, 4) is 0 Å². The Morgan fingerprint density at radius 2 is 1.67 bits per heavy atom. The molecule has 0 aromatic rings. The molecule has 0 bridgehead atoms. The van der Waals surface area contributed by atoms with Crippen LogP contribution < -0.4 is 0 Å². The van der Waals surface area contributed by atoms with Crippen LogP contribution in [0, 0.1) is 11.8 Å². The molecule has 0 fully saturated rings. The van der Waals surface area contributed by atoms with Crippen molar-refractivity contribution in [3.63, 3.8) is 0 Å². The van der Waals surface area contributed by atoms with Gasteiger partial charge in [0.05, 0.1) is 6.10 Å². The van der Waals surface area contributed by atoms with Gasteiger partial charge in [-0.05, 0) is 25.2 Å². The van der Waals surface area contributed by atoms with E-state index in [1.165, 1.54) is 25.7 Å². The molecule has 74 valence electrons. The molecule has 0 aromatic heterocycles. The second kappa shape index (κ2) is 6.47. The maximum atomic E-state index is 9.24. The van der Waals surface area contributed by atoms with Gasteiger partial charge in [0, 0.05) is 0 Å². The highest BCUT2D eigenvalue weighted by atomic mass is 16.3. The minimum absolute atomic E-state index is 0.137. The topological polar surface area (TPSA) is 20.2 Å². The van der Waals surface area contributed by atoms with Crippen molar-refractivity contribution in [2.75, 3.05) is 0 Å². The molecule has 0 radical (unpaired) electrons. The second-order valence-electron chi connectivity index (χ2n) is 4.16. The standard InChI is InChI=1S/C11H24O/c1-5-9(2)7-6-8-10(3)11(4)12/h9-12H,5-8H2,1-4H3. The van der Waals surface area contributed by atoms with Gasteiger partial charge < -0.3 is 5.11 Å². The summed E-state index contributed by atoms with van der Waals surface area (Å²) in [7, 11) is 0. The zero-order valence-corrected chi connectivity index (χ0v) is 9.01. The van der Waals surface area contributed by atoms with Crippen LogP contribution in [0.3, 0.4) is 0 Å². The molecule has 12 heavy (non-hydrogen) atoms. The first-order chi connectivity index (χ1) is 5.57. The third-order valence-corrected chi connectivity index (χ3v) is 2.88. The summed E-state index contributed by atoms with van der Waals surface area (Å²) in [5, 5.41) is 9.24. The third kappa shape index (κ3) is 5.59. The highest BCUT2D eigenvalue weighted by Crippen LogP contribution is 2.16. The van der Waals surface area contributed by atoms with Gasteiger partial charge in [-0.2, -0.15) is 0 Å². The number of aliphatic hydroxyl groups excluding tert-OH is 1. The van der Waals surface area contributed by atoms with E-state index in [-0.39, 0.29) is 6.10 Å². The molecule has 0 amide bonds. The first kappa shape index (κ1) is 12.0. The average molecular weight is 172 g/mol. The molecule has 1 nitrogen and oxygen atoms in total. The molecule has 0 heterocycles. The lowest BCUT2D eigenvalue weighted by atomic mass is 9.95. The highest BCUT2D eigenvalue weighted by molar-refractivity contribution is 4.60. The first-order valence-corrected chi connectivity index (χ1v) is 5.26. The third-order valence-electron chi connectivity index (χ3n) is 2.88. The maximum Gasteiger partial charge on any atom is 0.0537 e. The minimum atomic E-state index is -0.137. The lowest BCUT2D eigenvalue weighted by Gasteiger charge is -2.15. The van der Waals surface area contributed by atoms with E-state index in [1.54, 1.807) is 0 Å². The summed E-state index contributed by atoms with van der Waals surface area (Å²) >= 11 is 0. The van der Waals surface area contributed by atoms with Crippen molar-refractivity contribution in [1.29, 1.82) is 0 Å². The van der Waals surface area contributed by atoms with Gasteiger partial charge in [0.15, 0.2) is 0 Å². The Balaban J connectivity index is 3.30. The van der Waals surface area contributed by atoms with Gasteiger partial charge in [-0.25, -0.2) is 0 Å². The Labute approximate surface area is 77.2 Å². The SMILES string of the molecule is CCC(C)CCCC(C)C(C)O. The van der Waals surface area contributed by atoms with Crippen molar-refractivity contribution in [2.45, 2.75) is 59.5 Å². The van der Waals surface area contributed by atoms with Gasteiger partial charge in [-0.15, -0.1) is 0 Å². The van der Waals surface area contributed by atoms with Gasteiger partial charge in [-0.3, -0.25) is 0 Å². The van der Waals surface area contributed by atoms with Crippen molar-refractivity contribution in [1.82, 2.24) is 0 Å². The van der Waals surface area contributed by atoms with E-state index in [2.05, 4.69) is 20.8 Å². The highest BCUT2D eigenvalue weighted by Gasteiger charge is 2.08. The van der Waals surface area contributed by atoms with Crippen LogP contribution in [0.25, 0.3) is 0 Å². The molecule has 1 N–H and O–H groups in total. The predicted molar refractivity (Wildman–Crippen MR) is 54.2 cm³/mol. The number of hydrogen-bond donors (Lipinski definition) is 1. The van der Waals surface area contributed by atoms with E-state index >= 15 is 0 Å². The quantitative estimate of drug-likeness (QED) is 0.652. The molecule has 0 aliphatic heterocycles. The van der Waals surface area contributed by atoms with Crippen LogP contribution in [-0.4, -0.2) is 11.2 Å². The maximum absolute atomic E-state index is 9.24. The van der Waals surface area contributed by atoms with E-state index in [4.69, 9.17) is 0 Å². The van der Waals surface area contributed by atoms with Crippen LogP contribution >= 0.6 is 0 Å². The second-order valence-corrected chi connectivity index (χ2v) is 4.16. The molecule has 1 heteroatoms. The van der Waals surface area contributed by atoms with Crippen molar-refractivity contribution < 1.29 is 5.11 Å². The summed E-state index contributed by atoms with van der Waals surface area (Å²) in [6, 6.07) is 0. The Bertz CT molecular complexity index is 99.2. The average Bonchev–Trinajstić information content (AvgIpc) is 2.03. The molecular weight excluding hydrogens is 148 g/mol. The fourth-order valence-electron chi connectivity index (χ4n) is 1.23. The Kier molecular flexibility index (Phi) is 6.45. The van der Waals surface area contributed by atoms with Crippen LogP contribution in [0.15, 0.2) is 0 Å². The van der Waals surface area contributed by atoms with Crippen LogP contribution in [0.2, 0.25) is 0 Å². The summed E-state index contributed by atoms with van der Waals surface area (Å²) in [5.74, 6) is 1.32. The molecule has 0 aliphatic carbocycles. The summed E-state index contributed by atoms with van der Waals surface area (Å²) < 4.78 is 0.